The zero-order valence-electron chi connectivity index (χ0n) is 23.0. The van der Waals surface area contributed by atoms with Crippen molar-refractivity contribution in [2.24, 2.45) is 11.8 Å². The summed E-state index contributed by atoms with van der Waals surface area (Å²) in [5.74, 6) is -2.44. The molecule has 0 radical (unpaired) electrons. The first-order valence-electron chi connectivity index (χ1n) is 14.0. The zero-order chi connectivity index (χ0) is 29.9. The van der Waals surface area contributed by atoms with Gasteiger partial charge in [-0.25, -0.2) is 9.59 Å². The molecule has 3 aromatic carbocycles. The Bertz CT molecular complexity index is 1680. The van der Waals surface area contributed by atoms with Crippen molar-refractivity contribution in [1.29, 1.82) is 0 Å². The Morgan fingerprint density at radius 1 is 0.767 bits per heavy atom. The van der Waals surface area contributed by atoms with E-state index in [9.17, 15) is 24.0 Å². The molecule has 2 heterocycles. The van der Waals surface area contributed by atoms with Gasteiger partial charge in [0.05, 0.1) is 23.1 Å². The van der Waals surface area contributed by atoms with E-state index in [1.807, 2.05) is 18.2 Å². The smallest absolute Gasteiger partial charge is 0.353 e. The number of ether oxygens (including phenoxy) is 2. The molecule has 0 bridgehead atoms. The number of hydrogen-bond acceptors (Lipinski definition) is 8. The van der Waals surface area contributed by atoms with Crippen LogP contribution in [0.3, 0.4) is 0 Å². The van der Waals surface area contributed by atoms with Crippen LogP contribution >= 0.6 is 11.3 Å². The van der Waals surface area contributed by atoms with Gasteiger partial charge in [-0.2, -0.15) is 0 Å². The molecule has 1 aliphatic heterocycles. The maximum atomic E-state index is 13.4. The fourth-order valence-electron chi connectivity index (χ4n) is 5.79. The summed E-state index contributed by atoms with van der Waals surface area (Å²) in [7, 11) is 0. The standard InChI is InChI=1S/C34H27NO7S/c36-29(22-11-14-26(15-12-22)42-34(40)30-10-5-17-43-30)20-41-33(39)24-8-4-9-25(18-24)35-31(37)27-16-13-23(19-28(27)32(35)38)21-6-2-1-3-7-21/h1-12,14-15,17-18,23,27-28H,13,16,19-20H2/t23-,27+,28+/m0/s1. The monoisotopic (exact) mass is 593 g/mol. The predicted octanol–water partition coefficient (Wildman–Crippen LogP) is 6.08. The summed E-state index contributed by atoms with van der Waals surface area (Å²) in [5, 5.41) is 1.77. The van der Waals surface area contributed by atoms with E-state index in [4.69, 9.17) is 9.47 Å². The molecule has 0 unspecified atom stereocenters. The maximum absolute atomic E-state index is 13.4. The first-order chi connectivity index (χ1) is 20.9. The number of carbonyl (C=O) groups is 5. The number of amides is 2. The Morgan fingerprint density at radius 3 is 2.28 bits per heavy atom. The molecule has 8 nitrogen and oxygen atoms in total. The van der Waals surface area contributed by atoms with Crippen LogP contribution in [0.15, 0.2) is 96.4 Å². The van der Waals surface area contributed by atoms with Crippen molar-refractivity contribution in [3.05, 3.63) is 118 Å². The normalized spacial score (nSPS) is 19.5. The van der Waals surface area contributed by atoms with Gasteiger partial charge in [0.1, 0.15) is 10.6 Å². The van der Waals surface area contributed by atoms with E-state index >= 15 is 0 Å². The van der Waals surface area contributed by atoms with Crippen LogP contribution < -0.4 is 9.64 Å². The summed E-state index contributed by atoms with van der Waals surface area (Å²) in [6.45, 7) is -0.510. The van der Waals surface area contributed by atoms with Crippen molar-refractivity contribution in [2.45, 2.75) is 25.2 Å². The van der Waals surface area contributed by atoms with Crippen LogP contribution in [0.4, 0.5) is 5.69 Å². The van der Waals surface area contributed by atoms with Gasteiger partial charge in [0.2, 0.25) is 11.8 Å². The average Bonchev–Trinajstić information content (AvgIpc) is 3.67. The molecule has 1 aromatic heterocycles. The minimum absolute atomic E-state index is 0.124. The Kier molecular flexibility index (Phi) is 7.98. The van der Waals surface area contributed by atoms with E-state index < -0.39 is 30.2 Å². The highest BCUT2D eigenvalue weighted by molar-refractivity contribution is 7.12. The quantitative estimate of drug-likeness (QED) is 0.105. The lowest BCUT2D eigenvalue weighted by Gasteiger charge is -2.28. The fourth-order valence-corrected chi connectivity index (χ4v) is 6.39. The van der Waals surface area contributed by atoms with E-state index in [1.54, 1.807) is 29.6 Å². The number of benzene rings is 3. The molecule has 43 heavy (non-hydrogen) atoms. The van der Waals surface area contributed by atoms with Crippen molar-refractivity contribution >= 4 is 46.6 Å². The molecule has 216 valence electrons. The fraction of sp³-hybridized carbons (Fsp3) is 0.206. The highest BCUT2D eigenvalue weighted by Gasteiger charge is 2.50. The Morgan fingerprint density at radius 2 is 1.53 bits per heavy atom. The van der Waals surface area contributed by atoms with Gasteiger partial charge in [0, 0.05) is 5.56 Å². The number of esters is 2. The van der Waals surface area contributed by atoms with Gasteiger partial charge in [-0.3, -0.25) is 19.3 Å². The predicted molar refractivity (Wildman–Crippen MR) is 159 cm³/mol. The molecule has 3 atom stereocenters. The minimum Gasteiger partial charge on any atom is -0.454 e. The van der Waals surface area contributed by atoms with Crippen LogP contribution in [0.25, 0.3) is 0 Å². The average molecular weight is 594 g/mol. The van der Waals surface area contributed by atoms with Crippen LogP contribution in [-0.4, -0.2) is 36.1 Å². The number of carbonyl (C=O) groups excluding carboxylic acids is 5. The summed E-state index contributed by atoms with van der Waals surface area (Å²) < 4.78 is 10.6. The van der Waals surface area contributed by atoms with Gasteiger partial charge < -0.3 is 9.47 Å². The Hall–Kier alpha value is -4.89. The summed E-state index contributed by atoms with van der Waals surface area (Å²) >= 11 is 1.26. The number of fused-ring (bicyclic) bond motifs is 1. The lowest BCUT2D eigenvalue weighted by Crippen LogP contribution is -2.31. The summed E-state index contributed by atoms with van der Waals surface area (Å²) in [5.41, 5.74) is 1.89. The molecule has 1 saturated heterocycles. The van der Waals surface area contributed by atoms with Crippen LogP contribution in [0.1, 0.15) is 61.1 Å². The second-order valence-electron chi connectivity index (χ2n) is 10.6. The molecule has 1 saturated carbocycles. The molecule has 2 amide bonds. The molecule has 0 N–H and O–H groups in total. The lowest BCUT2D eigenvalue weighted by molar-refractivity contribution is -0.122. The molecule has 9 heteroatoms. The van der Waals surface area contributed by atoms with Gasteiger partial charge in [-0.15, -0.1) is 11.3 Å². The van der Waals surface area contributed by atoms with Gasteiger partial charge in [0.25, 0.3) is 0 Å². The minimum atomic E-state index is -0.752. The molecule has 1 aliphatic carbocycles. The third-order valence-electron chi connectivity index (χ3n) is 7.98. The number of rotatable bonds is 8. The van der Waals surface area contributed by atoms with Crippen molar-refractivity contribution in [2.75, 3.05) is 11.5 Å². The largest absolute Gasteiger partial charge is 0.454 e. The first-order valence-corrected chi connectivity index (χ1v) is 14.9. The third kappa shape index (κ3) is 5.89. The van der Waals surface area contributed by atoms with E-state index in [-0.39, 0.29) is 40.5 Å². The molecule has 6 rings (SSSR count). The lowest BCUT2D eigenvalue weighted by atomic mass is 9.73. The van der Waals surface area contributed by atoms with Crippen molar-refractivity contribution < 1.29 is 33.4 Å². The van der Waals surface area contributed by atoms with E-state index in [1.165, 1.54) is 58.2 Å². The Balaban J connectivity index is 1.07. The second kappa shape index (κ2) is 12.1. The Labute approximate surface area is 251 Å². The first kappa shape index (κ1) is 28.2. The molecule has 2 aliphatic rings. The number of nitrogens with zero attached hydrogens (tertiary/aromatic N) is 1. The molecule has 4 aromatic rings. The number of anilines is 1. The molecular weight excluding hydrogens is 566 g/mol. The zero-order valence-corrected chi connectivity index (χ0v) is 23.8. The van der Waals surface area contributed by atoms with Crippen molar-refractivity contribution in [3.8, 4) is 5.75 Å². The van der Waals surface area contributed by atoms with Crippen molar-refractivity contribution in [3.63, 3.8) is 0 Å². The third-order valence-corrected chi connectivity index (χ3v) is 8.83. The van der Waals surface area contributed by atoms with Crippen LogP contribution in [0, 0.1) is 11.8 Å². The van der Waals surface area contributed by atoms with Gasteiger partial charge in [-0.1, -0.05) is 42.5 Å². The van der Waals surface area contributed by atoms with Gasteiger partial charge >= 0.3 is 11.9 Å². The van der Waals surface area contributed by atoms with E-state index in [0.717, 1.165) is 6.42 Å². The van der Waals surface area contributed by atoms with E-state index in [2.05, 4.69) is 12.1 Å². The number of Topliss-reactive ketones (excluding diaryl/α,β-unsaturated/α-hetero) is 1. The molecular formula is C34H27NO7S. The maximum Gasteiger partial charge on any atom is 0.353 e. The summed E-state index contributed by atoms with van der Waals surface area (Å²) in [6.07, 6.45) is 2.08. The van der Waals surface area contributed by atoms with Gasteiger partial charge in [0.15, 0.2) is 12.4 Å². The summed E-state index contributed by atoms with van der Waals surface area (Å²) in [6, 6.07) is 25.6. The van der Waals surface area contributed by atoms with E-state index in [0.29, 0.717) is 23.4 Å². The SMILES string of the molecule is O=C(COC(=O)c1cccc(N2C(=O)[C@@H]3CC[C@H](c4ccccc4)C[C@H]3C2=O)c1)c1ccc(OC(=O)c2cccs2)cc1. The topological polar surface area (TPSA) is 107 Å². The highest BCUT2D eigenvalue weighted by atomic mass is 32.1. The highest BCUT2D eigenvalue weighted by Crippen LogP contribution is 2.45. The second-order valence-corrected chi connectivity index (χ2v) is 11.5. The van der Waals surface area contributed by atoms with Gasteiger partial charge in [-0.05, 0) is 84.7 Å². The number of hydrogen-bond donors (Lipinski definition) is 0. The molecule has 2 fully saturated rings. The van der Waals surface area contributed by atoms with Crippen LogP contribution in [-0.2, 0) is 14.3 Å². The van der Waals surface area contributed by atoms with Crippen LogP contribution in [0.2, 0.25) is 0 Å². The van der Waals surface area contributed by atoms with Crippen LogP contribution in [0.5, 0.6) is 5.75 Å². The molecule has 0 spiro atoms. The number of imide groups is 1. The number of ketones is 1. The summed E-state index contributed by atoms with van der Waals surface area (Å²) in [4.78, 5) is 66.0. The van der Waals surface area contributed by atoms with Crippen molar-refractivity contribution in [1.82, 2.24) is 0 Å². The number of thiophene rings is 1.